The molecule has 0 aromatic heterocycles. The van der Waals surface area contributed by atoms with Crippen LogP contribution in [0, 0.1) is 11.2 Å². The Balaban J connectivity index is 2.05. The van der Waals surface area contributed by atoms with Gasteiger partial charge in [-0.15, -0.1) is 0 Å². The van der Waals surface area contributed by atoms with Gasteiger partial charge in [0.1, 0.15) is 5.82 Å². The zero-order chi connectivity index (χ0) is 12.3. The molecule has 0 bridgehead atoms. The summed E-state index contributed by atoms with van der Waals surface area (Å²) in [6.07, 6.45) is 0.995. The summed E-state index contributed by atoms with van der Waals surface area (Å²) in [6.45, 7) is 2.97. The second kappa shape index (κ2) is 5.02. The molecule has 0 radical (unpaired) electrons. The van der Waals surface area contributed by atoms with Crippen LogP contribution in [0.1, 0.15) is 6.42 Å². The van der Waals surface area contributed by atoms with E-state index < -0.39 is 0 Å². The van der Waals surface area contributed by atoms with Crippen LogP contribution in [0.5, 0.6) is 0 Å². The van der Waals surface area contributed by atoms with Crippen LogP contribution in [0.4, 0.5) is 10.1 Å². The van der Waals surface area contributed by atoms with Crippen LogP contribution in [-0.2, 0) is 4.74 Å². The lowest BCUT2D eigenvalue weighted by atomic mass is 9.87. The fourth-order valence-electron chi connectivity index (χ4n) is 2.29. The van der Waals surface area contributed by atoms with E-state index >= 15 is 0 Å². The molecular weight excluding hydrogens is 219 g/mol. The highest BCUT2D eigenvalue weighted by Crippen LogP contribution is 2.29. The van der Waals surface area contributed by atoms with Crippen LogP contribution < -0.4 is 10.6 Å². The van der Waals surface area contributed by atoms with Crippen molar-refractivity contribution in [2.75, 3.05) is 38.3 Å². The van der Waals surface area contributed by atoms with Crippen molar-refractivity contribution in [3.63, 3.8) is 0 Å². The van der Waals surface area contributed by atoms with E-state index in [0.29, 0.717) is 6.54 Å². The molecule has 0 spiro atoms. The minimum atomic E-state index is -0.208. The maximum atomic E-state index is 12.8. The van der Waals surface area contributed by atoms with Crippen LogP contribution in [0.2, 0.25) is 0 Å². The number of anilines is 1. The molecule has 1 aromatic rings. The van der Waals surface area contributed by atoms with Gasteiger partial charge in [0.2, 0.25) is 0 Å². The summed E-state index contributed by atoms with van der Waals surface area (Å²) >= 11 is 0. The number of rotatable bonds is 4. The normalized spacial score (nSPS) is 23.9. The summed E-state index contributed by atoms with van der Waals surface area (Å²) in [5, 5.41) is 0. The van der Waals surface area contributed by atoms with Crippen LogP contribution in [0.3, 0.4) is 0 Å². The van der Waals surface area contributed by atoms with E-state index in [1.165, 1.54) is 12.1 Å². The maximum Gasteiger partial charge on any atom is 0.123 e. The third-order valence-corrected chi connectivity index (χ3v) is 3.46. The van der Waals surface area contributed by atoms with Gasteiger partial charge in [-0.2, -0.15) is 0 Å². The Morgan fingerprint density at radius 1 is 1.41 bits per heavy atom. The van der Waals surface area contributed by atoms with Crippen molar-refractivity contribution in [2.24, 2.45) is 11.1 Å². The van der Waals surface area contributed by atoms with Gasteiger partial charge in [-0.3, -0.25) is 0 Å². The fraction of sp³-hybridized carbons (Fsp3) is 0.538. The van der Waals surface area contributed by atoms with Crippen molar-refractivity contribution in [3.05, 3.63) is 30.1 Å². The second-order valence-electron chi connectivity index (χ2n) is 4.84. The molecule has 4 heteroatoms. The summed E-state index contributed by atoms with van der Waals surface area (Å²) in [4.78, 5) is 2.11. The first-order valence-corrected chi connectivity index (χ1v) is 5.90. The lowest BCUT2D eigenvalue weighted by Crippen LogP contribution is -2.41. The van der Waals surface area contributed by atoms with E-state index in [1.54, 1.807) is 12.1 Å². The number of nitrogens with two attached hydrogens (primary N) is 1. The van der Waals surface area contributed by atoms with Gasteiger partial charge in [-0.05, 0) is 30.7 Å². The largest absolute Gasteiger partial charge is 0.381 e. The van der Waals surface area contributed by atoms with Crippen LogP contribution in [0.25, 0.3) is 0 Å². The van der Waals surface area contributed by atoms with E-state index in [0.717, 1.165) is 31.9 Å². The number of hydrogen-bond acceptors (Lipinski definition) is 3. The van der Waals surface area contributed by atoms with Crippen molar-refractivity contribution in [1.82, 2.24) is 0 Å². The molecule has 1 atom stereocenters. The van der Waals surface area contributed by atoms with Gasteiger partial charge in [-0.25, -0.2) is 4.39 Å². The molecule has 1 aromatic carbocycles. The monoisotopic (exact) mass is 238 g/mol. The fourth-order valence-corrected chi connectivity index (χ4v) is 2.29. The molecule has 0 saturated carbocycles. The molecule has 1 aliphatic heterocycles. The summed E-state index contributed by atoms with van der Waals surface area (Å²) < 4.78 is 18.3. The Labute approximate surface area is 101 Å². The highest BCUT2D eigenvalue weighted by molar-refractivity contribution is 5.45. The molecule has 1 saturated heterocycles. The highest BCUT2D eigenvalue weighted by atomic mass is 19.1. The standard InChI is InChI=1S/C13H19FN2O/c1-16(12-4-2-11(14)3-5-12)9-13(8-15)6-7-17-10-13/h2-5H,6-10,15H2,1H3. The zero-order valence-corrected chi connectivity index (χ0v) is 10.2. The molecule has 3 nitrogen and oxygen atoms in total. The first-order valence-electron chi connectivity index (χ1n) is 5.90. The van der Waals surface area contributed by atoms with Gasteiger partial charge in [0.25, 0.3) is 0 Å². The third-order valence-electron chi connectivity index (χ3n) is 3.46. The Bertz CT molecular complexity index is 360. The van der Waals surface area contributed by atoms with E-state index in [9.17, 15) is 4.39 Å². The van der Waals surface area contributed by atoms with Gasteiger partial charge < -0.3 is 15.4 Å². The summed E-state index contributed by atoms with van der Waals surface area (Å²) in [5.41, 5.74) is 6.90. The number of ether oxygens (including phenoxy) is 1. The van der Waals surface area contributed by atoms with Gasteiger partial charge in [-0.1, -0.05) is 0 Å². The molecule has 1 aliphatic rings. The molecule has 2 rings (SSSR count). The molecule has 1 heterocycles. The van der Waals surface area contributed by atoms with E-state index in [-0.39, 0.29) is 11.2 Å². The zero-order valence-electron chi connectivity index (χ0n) is 10.2. The van der Waals surface area contributed by atoms with Crippen LogP contribution >= 0.6 is 0 Å². The summed E-state index contributed by atoms with van der Waals surface area (Å²) in [7, 11) is 2.00. The first kappa shape index (κ1) is 12.3. The quantitative estimate of drug-likeness (QED) is 0.866. The molecule has 2 N–H and O–H groups in total. The Kier molecular flexibility index (Phi) is 3.64. The molecule has 1 fully saturated rings. The molecule has 0 amide bonds. The predicted molar refractivity (Wildman–Crippen MR) is 66.6 cm³/mol. The minimum Gasteiger partial charge on any atom is -0.381 e. The van der Waals surface area contributed by atoms with Crippen molar-refractivity contribution in [3.8, 4) is 0 Å². The summed E-state index contributed by atoms with van der Waals surface area (Å²) in [6, 6.07) is 6.53. The van der Waals surface area contributed by atoms with Crippen molar-refractivity contribution in [2.45, 2.75) is 6.42 Å². The van der Waals surface area contributed by atoms with Crippen molar-refractivity contribution < 1.29 is 9.13 Å². The molecule has 1 unspecified atom stereocenters. The Morgan fingerprint density at radius 2 is 2.12 bits per heavy atom. The SMILES string of the molecule is CN(CC1(CN)CCOC1)c1ccc(F)cc1. The smallest absolute Gasteiger partial charge is 0.123 e. The average molecular weight is 238 g/mol. The van der Waals surface area contributed by atoms with Crippen LogP contribution in [-0.4, -0.2) is 33.4 Å². The first-order chi connectivity index (χ1) is 8.15. The number of hydrogen-bond donors (Lipinski definition) is 1. The minimum absolute atomic E-state index is 0.0448. The van der Waals surface area contributed by atoms with Crippen LogP contribution in [0.15, 0.2) is 24.3 Å². The molecule has 17 heavy (non-hydrogen) atoms. The summed E-state index contributed by atoms with van der Waals surface area (Å²) in [5.74, 6) is -0.208. The van der Waals surface area contributed by atoms with Gasteiger partial charge in [0.15, 0.2) is 0 Å². The van der Waals surface area contributed by atoms with Gasteiger partial charge in [0, 0.05) is 37.8 Å². The van der Waals surface area contributed by atoms with E-state index in [1.807, 2.05) is 7.05 Å². The Morgan fingerprint density at radius 3 is 2.65 bits per heavy atom. The molecule has 94 valence electrons. The third kappa shape index (κ3) is 2.76. The highest BCUT2D eigenvalue weighted by Gasteiger charge is 2.34. The van der Waals surface area contributed by atoms with Crippen molar-refractivity contribution in [1.29, 1.82) is 0 Å². The van der Waals surface area contributed by atoms with E-state index in [2.05, 4.69) is 4.90 Å². The second-order valence-corrected chi connectivity index (χ2v) is 4.84. The van der Waals surface area contributed by atoms with Gasteiger partial charge >= 0.3 is 0 Å². The average Bonchev–Trinajstić information content (AvgIpc) is 2.79. The Hall–Kier alpha value is -1.13. The lowest BCUT2D eigenvalue weighted by Gasteiger charge is -2.32. The lowest BCUT2D eigenvalue weighted by molar-refractivity contribution is 0.157. The van der Waals surface area contributed by atoms with Gasteiger partial charge in [0.05, 0.1) is 6.61 Å². The predicted octanol–water partition coefficient (Wildman–Crippen LogP) is 1.63. The number of halogens is 1. The van der Waals surface area contributed by atoms with Crippen molar-refractivity contribution >= 4 is 5.69 Å². The topological polar surface area (TPSA) is 38.5 Å². The number of benzene rings is 1. The van der Waals surface area contributed by atoms with E-state index in [4.69, 9.17) is 10.5 Å². The number of nitrogens with zero attached hydrogens (tertiary/aromatic N) is 1. The molecule has 0 aliphatic carbocycles. The molecular formula is C13H19FN2O. The maximum absolute atomic E-state index is 12.8.